The molecule has 1 rings (SSSR count). The highest BCUT2D eigenvalue weighted by atomic mass is 32.2. The zero-order valence-corrected chi connectivity index (χ0v) is 9.61. The van der Waals surface area contributed by atoms with Crippen LogP contribution in [0.15, 0.2) is 30.3 Å². The Morgan fingerprint density at radius 3 is 2.38 bits per heavy atom. The van der Waals surface area contributed by atoms with Gasteiger partial charge in [0, 0.05) is 0 Å². The van der Waals surface area contributed by atoms with Crippen molar-refractivity contribution in [3.63, 3.8) is 0 Å². The molecule has 0 radical (unpaired) electrons. The molecular weight excluding hydrogens is 230 g/mol. The van der Waals surface area contributed by atoms with Gasteiger partial charge in [-0.1, -0.05) is 30.3 Å². The van der Waals surface area contributed by atoms with Gasteiger partial charge in [-0.2, -0.15) is 0 Å². The molecule has 88 valence electrons. The molecule has 1 aromatic carbocycles. The van der Waals surface area contributed by atoms with E-state index in [2.05, 4.69) is 4.74 Å². The van der Waals surface area contributed by atoms with Gasteiger partial charge in [-0.3, -0.25) is 4.79 Å². The monoisotopic (exact) mass is 243 g/mol. The van der Waals surface area contributed by atoms with E-state index in [1.165, 1.54) is 12.1 Å². The number of sulfonamides is 1. The van der Waals surface area contributed by atoms with Crippen molar-refractivity contribution in [2.24, 2.45) is 5.14 Å². The summed E-state index contributed by atoms with van der Waals surface area (Å²) < 4.78 is 27.3. The Balaban J connectivity index is 3.13. The summed E-state index contributed by atoms with van der Waals surface area (Å²) in [5.74, 6) is -0.851. The van der Waals surface area contributed by atoms with Crippen molar-refractivity contribution in [3.8, 4) is 0 Å². The van der Waals surface area contributed by atoms with Gasteiger partial charge < -0.3 is 4.74 Å². The first kappa shape index (κ1) is 12.7. The molecule has 0 bridgehead atoms. The highest BCUT2D eigenvalue weighted by Gasteiger charge is 2.32. The zero-order chi connectivity index (χ0) is 12.2. The largest absolute Gasteiger partial charge is 0.465 e. The third-order valence-corrected chi connectivity index (χ3v) is 3.05. The van der Waals surface area contributed by atoms with Gasteiger partial charge in [0.25, 0.3) is 0 Å². The third-order valence-electron chi connectivity index (χ3n) is 1.93. The average molecular weight is 243 g/mol. The summed E-state index contributed by atoms with van der Waals surface area (Å²) in [5, 5.41) is 3.56. The fraction of sp³-hybridized carbons (Fsp3) is 0.300. The van der Waals surface area contributed by atoms with E-state index in [4.69, 9.17) is 5.14 Å². The fourth-order valence-corrected chi connectivity index (χ4v) is 2.18. The molecule has 16 heavy (non-hydrogen) atoms. The summed E-state index contributed by atoms with van der Waals surface area (Å²) in [6.45, 7) is 1.71. The number of hydrogen-bond donors (Lipinski definition) is 1. The van der Waals surface area contributed by atoms with Gasteiger partial charge in [-0.25, -0.2) is 13.6 Å². The van der Waals surface area contributed by atoms with E-state index < -0.39 is 21.2 Å². The topological polar surface area (TPSA) is 86.5 Å². The lowest BCUT2D eigenvalue weighted by atomic mass is 10.1. The molecule has 0 aliphatic heterocycles. The lowest BCUT2D eigenvalue weighted by Gasteiger charge is -2.13. The first-order chi connectivity index (χ1) is 7.46. The second-order valence-corrected chi connectivity index (χ2v) is 4.78. The van der Waals surface area contributed by atoms with E-state index in [1.54, 1.807) is 25.1 Å². The van der Waals surface area contributed by atoms with Crippen molar-refractivity contribution in [3.05, 3.63) is 35.9 Å². The molecule has 0 aromatic heterocycles. The minimum Gasteiger partial charge on any atom is -0.465 e. The summed E-state index contributed by atoms with van der Waals surface area (Å²) in [7, 11) is -4.01. The Bertz CT molecular complexity index is 455. The van der Waals surface area contributed by atoms with Crippen molar-refractivity contribution < 1.29 is 17.9 Å². The molecule has 0 fully saturated rings. The Hall–Kier alpha value is -1.40. The summed E-state index contributed by atoms with van der Waals surface area (Å²) >= 11 is 0. The highest BCUT2D eigenvalue weighted by molar-refractivity contribution is 7.90. The van der Waals surface area contributed by atoms with Crippen LogP contribution in [-0.2, 0) is 19.6 Å². The minimum atomic E-state index is -4.01. The van der Waals surface area contributed by atoms with E-state index in [-0.39, 0.29) is 6.61 Å². The van der Waals surface area contributed by atoms with E-state index in [1.807, 2.05) is 0 Å². The lowest BCUT2D eigenvalue weighted by molar-refractivity contribution is -0.142. The second-order valence-electron chi connectivity index (χ2n) is 3.13. The number of primary sulfonamides is 1. The van der Waals surface area contributed by atoms with Crippen LogP contribution in [0.3, 0.4) is 0 Å². The Morgan fingerprint density at radius 1 is 1.38 bits per heavy atom. The maximum absolute atomic E-state index is 11.5. The Morgan fingerprint density at radius 2 is 1.94 bits per heavy atom. The predicted molar refractivity (Wildman–Crippen MR) is 58.9 cm³/mol. The van der Waals surface area contributed by atoms with Gasteiger partial charge in [-0.15, -0.1) is 0 Å². The molecule has 1 unspecified atom stereocenters. The van der Waals surface area contributed by atoms with Gasteiger partial charge in [0.05, 0.1) is 6.61 Å². The molecule has 6 heteroatoms. The molecule has 1 atom stereocenters. The number of carbonyl (C=O) groups excluding carboxylic acids is 1. The van der Waals surface area contributed by atoms with Gasteiger partial charge in [-0.05, 0) is 12.5 Å². The van der Waals surface area contributed by atoms with E-state index in [9.17, 15) is 13.2 Å². The molecule has 0 spiro atoms. The summed E-state index contributed by atoms with van der Waals surface area (Å²) in [6, 6.07) is 8.02. The van der Waals surface area contributed by atoms with Crippen molar-refractivity contribution in [2.75, 3.05) is 6.61 Å². The van der Waals surface area contributed by atoms with Crippen molar-refractivity contribution in [1.82, 2.24) is 0 Å². The molecule has 5 nitrogen and oxygen atoms in total. The fourth-order valence-electron chi connectivity index (χ4n) is 1.31. The van der Waals surface area contributed by atoms with Crippen LogP contribution in [-0.4, -0.2) is 21.0 Å². The molecule has 1 aromatic rings. The van der Waals surface area contributed by atoms with Crippen LogP contribution in [0.1, 0.15) is 17.7 Å². The smallest absolute Gasteiger partial charge is 0.330 e. The quantitative estimate of drug-likeness (QED) is 0.784. The van der Waals surface area contributed by atoms with E-state index >= 15 is 0 Å². The van der Waals surface area contributed by atoms with Crippen LogP contribution < -0.4 is 5.14 Å². The second kappa shape index (κ2) is 5.09. The minimum absolute atomic E-state index is 0.109. The predicted octanol–water partition coefficient (Wildman–Crippen LogP) is 0.579. The SMILES string of the molecule is CCOC(=O)C(c1ccccc1)S(N)(=O)=O. The van der Waals surface area contributed by atoms with Crippen LogP contribution >= 0.6 is 0 Å². The third kappa shape index (κ3) is 3.04. The van der Waals surface area contributed by atoms with Gasteiger partial charge in [0.2, 0.25) is 10.0 Å². The van der Waals surface area contributed by atoms with Crippen LogP contribution in [0.25, 0.3) is 0 Å². The number of nitrogens with two attached hydrogens (primary N) is 1. The van der Waals surface area contributed by atoms with Crippen molar-refractivity contribution in [2.45, 2.75) is 12.2 Å². The molecule has 0 aliphatic rings. The van der Waals surface area contributed by atoms with Crippen LogP contribution in [0, 0.1) is 0 Å². The first-order valence-electron chi connectivity index (χ1n) is 4.70. The molecule has 0 aliphatic carbocycles. The molecule has 0 saturated heterocycles. The van der Waals surface area contributed by atoms with Gasteiger partial charge in [0.1, 0.15) is 0 Å². The van der Waals surface area contributed by atoms with Crippen molar-refractivity contribution in [1.29, 1.82) is 0 Å². The van der Waals surface area contributed by atoms with Crippen LogP contribution in [0.5, 0.6) is 0 Å². The normalized spacial score (nSPS) is 13.1. The van der Waals surface area contributed by atoms with Crippen molar-refractivity contribution >= 4 is 16.0 Å². The van der Waals surface area contributed by atoms with E-state index in [0.29, 0.717) is 5.56 Å². The number of carbonyl (C=O) groups is 1. The average Bonchev–Trinajstić information content (AvgIpc) is 2.17. The first-order valence-corrected chi connectivity index (χ1v) is 6.31. The van der Waals surface area contributed by atoms with Crippen LogP contribution in [0.4, 0.5) is 0 Å². The van der Waals surface area contributed by atoms with Crippen LogP contribution in [0.2, 0.25) is 0 Å². The molecule has 0 amide bonds. The van der Waals surface area contributed by atoms with Gasteiger partial charge in [0.15, 0.2) is 5.25 Å². The number of rotatable bonds is 4. The highest BCUT2D eigenvalue weighted by Crippen LogP contribution is 2.21. The summed E-state index contributed by atoms with van der Waals surface area (Å²) in [6.07, 6.45) is 0. The lowest BCUT2D eigenvalue weighted by Crippen LogP contribution is -2.29. The number of ether oxygens (including phenoxy) is 1. The Labute approximate surface area is 94.3 Å². The number of benzene rings is 1. The van der Waals surface area contributed by atoms with Gasteiger partial charge >= 0.3 is 5.97 Å². The number of hydrogen-bond acceptors (Lipinski definition) is 4. The molecular formula is C10H13NO4S. The maximum Gasteiger partial charge on any atom is 0.330 e. The summed E-state index contributed by atoms with van der Waals surface area (Å²) in [5.41, 5.74) is 0.309. The van der Waals surface area contributed by atoms with E-state index in [0.717, 1.165) is 0 Å². The number of esters is 1. The Kier molecular flexibility index (Phi) is 4.03. The standard InChI is InChI=1S/C10H13NO4S/c1-2-15-10(12)9(16(11,13)14)8-6-4-3-5-7-8/h3-7,9H,2H2,1H3,(H2,11,13,14). The summed E-state index contributed by atoms with van der Waals surface area (Å²) in [4.78, 5) is 11.5. The zero-order valence-electron chi connectivity index (χ0n) is 8.79. The maximum atomic E-state index is 11.5. The molecule has 0 saturated carbocycles. The molecule has 2 N–H and O–H groups in total. The molecule has 0 heterocycles.